The Kier molecular flexibility index (Phi) is 6.84. The number of thiazole rings is 1. The zero-order valence-corrected chi connectivity index (χ0v) is 18.7. The lowest BCUT2D eigenvalue weighted by atomic mass is 10.2. The number of hydrogen-bond acceptors (Lipinski definition) is 8. The highest BCUT2D eigenvalue weighted by Crippen LogP contribution is 2.29. The molecular weight excluding hydrogens is 459 g/mol. The van der Waals surface area contributed by atoms with Crippen molar-refractivity contribution in [1.29, 1.82) is 0 Å². The Morgan fingerprint density at radius 2 is 1.88 bits per heavy atom. The van der Waals surface area contributed by atoms with Gasteiger partial charge in [0, 0.05) is 31.0 Å². The highest BCUT2D eigenvalue weighted by Gasteiger charge is 2.19. The summed E-state index contributed by atoms with van der Waals surface area (Å²) in [5, 5.41) is 17.4. The second-order valence-corrected chi connectivity index (χ2v) is 9.85. The Balaban J connectivity index is 1.62. The number of halogens is 1. The van der Waals surface area contributed by atoms with E-state index in [0.29, 0.717) is 21.1 Å². The van der Waals surface area contributed by atoms with E-state index in [9.17, 15) is 27.7 Å². The number of anilines is 1. The quantitative estimate of drug-likeness (QED) is 0.288. The summed E-state index contributed by atoms with van der Waals surface area (Å²) in [6.45, 7) is 2.03. The molecule has 32 heavy (non-hydrogen) atoms. The van der Waals surface area contributed by atoms with Crippen molar-refractivity contribution in [1.82, 2.24) is 10.3 Å². The largest absolute Gasteiger partial charge is 0.378 e. The highest BCUT2D eigenvalue weighted by atomic mass is 32.2. The SMILES string of the molecule is Cc1nc(-c2ccc(F)cc2)sc1C(=O)NCCNc1ccc(S(C)(=O)=O)cc1[N+](=O)[O-]. The number of nitro groups is 1. The van der Waals surface area contributed by atoms with Gasteiger partial charge in [-0.2, -0.15) is 0 Å². The first kappa shape index (κ1) is 23.3. The Labute approximate surface area is 187 Å². The first-order chi connectivity index (χ1) is 15.1. The number of nitrogens with zero attached hydrogens (tertiary/aromatic N) is 2. The van der Waals surface area contributed by atoms with Gasteiger partial charge >= 0.3 is 0 Å². The number of sulfone groups is 1. The molecule has 1 heterocycles. The van der Waals surface area contributed by atoms with E-state index in [0.717, 1.165) is 12.3 Å². The molecule has 0 unspecified atom stereocenters. The molecule has 12 heteroatoms. The molecule has 3 aromatic rings. The van der Waals surface area contributed by atoms with E-state index in [1.54, 1.807) is 19.1 Å². The van der Waals surface area contributed by atoms with Crippen LogP contribution in [0.15, 0.2) is 47.4 Å². The lowest BCUT2D eigenvalue weighted by Crippen LogP contribution is -2.28. The molecule has 2 aromatic carbocycles. The molecule has 0 aliphatic heterocycles. The molecule has 0 spiro atoms. The molecule has 0 bridgehead atoms. The van der Waals surface area contributed by atoms with Crippen molar-refractivity contribution in [2.75, 3.05) is 24.7 Å². The van der Waals surface area contributed by atoms with Crippen molar-refractivity contribution < 1.29 is 22.5 Å². The topological polar surface area (TPSA) is 131 Å². The Morgan fingerprint density at radius 1 is 1.19 bits per heavy atom. The highest BCUT2D eigenvalue weighted by molar-refractivity contribution is 7.90. The van der Waals surface area contributed by atoms with E-state index in [1.165, 1.54) is 35.6 Å². The minimum absolute atomic E-state index is 0.143. The average molecular weight is 479 g/mol. The van der Waals surface area contributed by atoms with E-state index in [-0.39, 0.29) is 41.1 Å². The lowest BCUT2D eigenvalue weighted by molar-refractivity contribution is -0.384. The minimum Gasteiger partial charge on any atom is -0.378 e. The predicted octanol–water partition coefficient (Wildman–Crippen LogP) is 3.41. The van der Waals surface area contributed by atoms with Gasteiger partial charge < -0.3 is 10.6 Å². The maximum Gasteiger partial charge on any atom is 0.293 e. The summed E-state index contributed by atoms with van der Waals surface area (Å²) in [5.74, 6) is -0.712. The Hall–Kier alpha value is -3.38. The van der Waals surface area contributed by atoms with Gasteiger partial charge in [-0.05, 0) is 43.3 Å². The van der Waals surface area contributed by atoms with Gasteiger partial charge in [0.05, 0.1) is 15.5 Å². The number of hydrogen-bond donors (Lipinski definition) is 2. The average Bonchev–Trinajstić information content (AvgIpc) is 3.12. The third-order valence-electron chi connectivity index (χ3n) is 4.41. The normalized spacial score (nSPS) is 11.2. The van der Waals surface area contributed by atoms with Gasteiger partial charge in [-0.1, -0.05) is 0 Å². The number of amides is 1. The van der Waals surface area contributed by atoms with Crippen LogP contribution in [0.25, 0.3) is 10.6 Å². The molecule has 9 nitrogen and oxygen atoms in total. The Bertz CT molecular complexity index is 1270. The molecular formula is C20H19FN4O5S2. The standard InChI is InChI=1S/C20H19FN4O5S2/c1-12-18(31-20(24-12)13-3-5-14(21)6-4-13)19(26)23-10-9-22-16-8-7-15(32(2,29)30)11-17(16)25(27)28/h3-8,11,22H,9-10H2,1-2H3,(H,23,26). The summed E-state index contributed by atoms with van der Waals surface area (Å²) in [6, 6.07) is 9.40. The van der Waals surface area contributed by atoms with E-state index in [4.69, 9.17) is 0 Å². The number of benzene rings is 2. The molecule has 1 amide bonds. The van der Waals surface area contributed by atoms with Crippen LogP contribution < -0.4 is 10.6 Å². The lowest BCUT2D eigenvalue weighted by Gasteiger charge is -2.09. The van der Waals surface area contributed by atoms with Crippen molar-refractivity contribution in [3.63, 3.8) is 0 Å². The zero-order valence-electron chi connectivity index (χ0n) is 17.1. The molecule has 1 aromatic heterocycles. The fourth-order valence-electron chi connectivity index (χ4n) is 2.82. The predicted molar refractivity (Wildman–Crippen MR) is 119 cm³/mol. The van der Waals surface area contributed by atoms with Crippen LogP contribution in [-0.4, -0.2) is 43.6 Å². The van der Waals surface area contributed by atoms with Crippen LogP contribution in [-0.2, 0) is 9.84 Å². The number of rotatable bonds is 8. The number of nitro benzene ring substituents is 1. The van der Waals surface area contributed by atoms with Crippen molar-refractivity contribution in [2.45, 2.75) is 11.8 Å². The number of nitrogens with one attached hydrogen (secondary N) is 2. The monoisotopic (exact) mass is 478 g/mol. The van der Waals surface area contributed by atoms with Crippen molar-refractivity contribution in [2.24, 2.45) is 0 Å². The van der Waals surface area contributed by atoms with Gasteiger partial charge in [0.15, 0.2) is 9.84 Å². The van der Waals surface area contributed by atoms with E-state index in [1.807, 2.05) is 0 Å². The van der Waals surface area contributed by atoms with Crippen LogP contribution in [0.3, 0.4) is 0 Å². The molecule has 0 fully saturated rings. The van der Waals surface area contributed by atoms with E-state index >= 15 is 0 Å². The minimum atomic E-state index is -3.58. The fourth-order valence-corrected chi connectivity index (χ4v) is 4.45. The first-order valence-electron chi connectivity index (χ1n) is 9.30. The van der Waals surface area contributed by atoms with Gasteiger partial charge in [0.25, 0.3) is 11.6 Å². The van der Waals surface area contributed by atoms with Crippen molar-refractivity contribution in [3.8, 4) is 10.6 Å². The summed E-state index contributed by atoms with van der Waals surface area (Å²) in [6.07, 6.45) is 0.970. The second-order valence-electron chi connectivity index (χ2n) is 6.83. The van der Waals surface area contributed by atoms with Crippen LogP contribution in [0.1, 0.15) is 15.4 Å². The van der Waals surface area contributed by atoms with Crippen LogP contribution in [0, 0.1) is 22.9 Å². The number of aromatic nitrogens is 1. The molecule has 3 rings (SSSR count). The molecule has 0 atom stereocenters. The number of aryl methyl sites for hydroxylation is 1. The molecule has 168 valence electrons. The summed E-state index contributed by atoms with van der Waals surface area (Å²) in [5.41, 5.74) is 1.00. The van der Waals surface area contributed by atoms with Crippen LogP contribution in [0.4, 0.5) is 15.8 Å². The van der Waals surface area contributed by atoms with Crippen molar-refractivity contribution >= 4 is 38.5 Å². The Morgan fingerprint density at radius 3 is 2.50 bits per heavy atom. The van der Waals surface area contributed by atoms with E-state index < -0.39 is 14.8 Å². The number of carbonyl (C=O) groups is 1. The molecule has 0 aliphatic carbocycles. The second kappa shape index (κ2) is 9.40. The van der Waals surface area contributed by atoms with Crippen LogP contribution >= 0.6 is 11.3 Å². The van der Waals surface area contributed by atoms with Gasteiger partial charge in [-0.25, -0.2) is 17.8 Å². The molecule has 0 aliphatic rings. The van der Waals surface area contributed by atoms with Crippen LogP contribution in [0.5, 0.6) is 0 Å². The fraction of sp³-hybridized carbons (Fsp3) is 0.200. The maximum absolute atomic E-state index is 13.1. The maximum atomic E-state index is 13.1. The smallest absolute Gasteiger partial charge is 0.293 e. The molecule has 2 N–H and O–H groups in total. The van der Waals surface area contributed by atoms with Gasteiger partial charge in [0.2, 0.25) is 0 Å². The summed E-state index contributed by atoms with van der Waals surface area (Å²) < 4.78 is 36.3. The zero-order chi connectivity index (χ0) is 23.5. The summed E-state index contributed by atoms with van der Waals surface area (Å²) >= 11 is 1.18. The third-order valence-corrected chi connectivity index (χ3v) is 6.73. The first-order valence-corrected chi connectivity index (χ1v) is 12.0. The van der Waals surface area contributed by atoms with Gasteiger partial charge in [-0.15, -0.1) is 11.3 Å². The number of carbonyl (C=O) groups excluding carboxylic acids is 1. The van der Waals surface area contributed by atoms with Crippen molar-refractivity contribution in [3.05, 3.63) is 69.0 Å². The van der Waals surface area contributed by atoms with Gasteiger partial charge in [-0.3, -0.25) is 14.9 Å². The summed E-state index contributed by atoms with van der Waals surface area (Å²) in [7, 11) is -3.58. The molecule has 0 saturated carbocycles. The van der Waals surface area contributed by atoms with Crippen LogP contribution in [0.2, 0.25) is 0 Å². The van der Waals surface area contributed by atoms with Gasteiger partial charge in [0.1, 0.15) is 21.4 Å². The van der Waals surface area contributed by atoms with E-state index in [2.05, 4.69) is 15.6 Å². The third kappa shape index (κ3) is 5.45. The molecule has 0 saturated heterocycles. The molecule has 0 radical (unpaired) electrons. The summed E-state index contributed by atoms with van der Waals surface area (Å²) in [4.78, 5) is 27.7.